The Bertz CT molecular complexity index is 4150. The van der Waals surface area contributed by atoms with Crippen LogP contribution in [0, 0.1) is 50.4 Å². The molecule has 27 heteroatoms. The number of aliphatic hydroxyl groups is 3. The van der Waals surface area contributed by atoms with Gasteiger partial charge in [0.05, 0.1) is 68.8 Å². The van der Waals surface area contributed by atoms with Crippen LogP contribution in [-0.2, 0) is 51.7 Å². The highest BCUT2D eigenvalue weighted by Gasteiger charge is 2.48. The fourth-order valence-corrected chi connectivity index (χ4v) is 10.5. The fourth-order valence-electron chi connectivity index (χ4n) is 10.5. The molecule has 1 aliphatic heterocycles. The molecule has 2 aromatic heterocycles. The number of carboxylic acid groups (broad SMARTS) is 1. The number of hydrogen-bond acceptors (Lipinski definition) is 16. The number of amides is 2. The van der Waals surface area contributed by atoms with E-state index in [0.29, 0.717) is 33.6 Å². The standard InChI is InChI=1S/C66H63F5N6O16.CH3/c1-35-14-19-42(58(81)50-57(38-10-6-4-7-11-38)75(3)77(64(50)85)41-12-8-5-9-13-41)56(72)49(35)40-18-20-44-39(33-40)17-15-36(2)76(44)34-37-16-21-45(91-66-61(84)59(82)60(83)63(93-66)65(86)87)43(32-37)74-47(79)22-25-73-46(78)23-26-88-28-30-90-31-29-89-27-24-48(80)92-62-54(70)52(68)51(67)53(69)55(62)71;/h4-21,32-33,59-61,63,66,82-84H,22-31,34H2,1-3H3,(H4-,72,73,74,78,79,81,86,87);1H3/q;-1/p+1/t59-,60-,61+,63-,66+;/m0./s1. The number of halogens is 5. The third-order valence-corrected chi connectivity index (χ3v) is 15.2. The first-order valence-electron chi connectivity index (χ1n) is 29.1. The molecule has 0 saturated carbocycles. The number of aromatic nitrogens is 3. The summed E-state index contributed by atoms with van der Waals surface area (Å²) in [6.07, 6.45) is -10.7. The summed E-state index contributed by atoms with van der Waals surface area (Å²) < 4.78 is 104. The number of para-hydroxylation sites is 1. The molecule has 5 atom stereocenters. The van der Waals surface area contributed by atoms with Gasteiger partial charge in [-0.25, -0.2) is 22.6 Å². The van der Waals surface area contributed by atoms with E-state index in [1.54, 1.807) is 60.3 Å². The van der Waals surface area contributed by atoms with E-state index in [1.807, 2.05) is 85.1 Å². The van der Waals surface area contributed by atoms with Crippen LogP contribution in [0.15, 0.2) is 126 Å². The zero-order chi connectivity index (χ0) is 66.8. The van der Waals surface area contributed by atoms with Crippen LogP contribution in [0.25, 0.3) is 39.0 Å². The maximum atomic E-state index is 14.9. The zero-order valence-electron chi connectivity index (χ0n) is 51.2. The number of nitrogens with two attached hydrogens (primary N) is 1. The molecule has 2 amide bonds. The summed E-state index contributed by atoms with van der Waals surface area (Å²) in [6, 6.07) is 35.8. The SMILES string of the molecule is Cc1ccc(C(=O)c2c(-c3ccccc3)n(C)n(-c3ccccc3)c2=O)c(N)c1-c1ccc2c(ccc(C)[n+]2Cc2ccc(O[C@@H]3O[C@H](C(=O)O)[C@@H](O)[C@H](O)[C@H]3O)c(NC(=O)CCNC(=O)CCOCCOCCOCCC(=O)Oc3c(F)c(F)c(F)c(F)c3F)c2)c1.[CH3-]. The molecule has 8 aromatic rings. The van der Waals surface area contributed by atoms with Crippen LogP contribution in [-0.4, -0.2) is 136 Å². The van der Waals surface area contributed by atoms with Gasteiger partial charge in [0, 0.05) is 73.1 Å². The molecule has 0 aliphatic carbocycles. The number of aryl methyl sites for hydroxylation is 2. The minimum Gasteiger partial charge on any atom is -0.479 e. The molecule has 0 radical (unpaired) electrons. The van der Waals surface area contributed by atoms with Gasteiger partial charge >= 0.3 is 11.9 Å². The maximum Gasteiger partial charge on any atom is 0.335 e. The van der Waals surface area contributed by atoms with Gasteiger partial charge in [0.25, 0.3) is 5.56 Å². The van der Waals surface area contributed by atoms with Gasteiger partial charge in [0.15, 0.2) is 18.3 Å². The highest BCUT2D eigenvalue weighted by atomic mass is 19.2. The molecule has 3 heterocycles. The number of benzene rings is 6. The van der Waals surface area contributed by atoms with Crippen LogP contribution in [0.4, 0.5) is 33.3 Å². The van der Waals surface area contributed by atoms with Crippen molar-refractivity contribution in [3.63, 3.8) is 0 Å². The highest BCUT2D eigenvalue weighted by molar-refractivity contribution is 6.16. The minimum atomic E-state index is -2.40. The summed E-state index contributed by atoms with van der Waals surface area (Å²) in [5.41, 5.74) is 12.7. The van der Waals surface area contributed by atoms with Gasteiger partial charge in [0.1, 0.15) is 29.6 Å². The van der Waals surface area contributed by atoms with Gasteiger partial charge < -0.3 is 72.6 Å². The molecule has 94 heavy (non-hydrogen) atoms. The predicted octanol–water partition coefficient (Wildman–Crippen LogP) is 6.73. The Morgan fingerprint density at radius 3 is 1.97 bits per heavy atom. The number of ketones is 1. The first-order chi connectivity index (χ1) is 44.6. The van der Waals surface area contributed by atoms with Gasteiger partial charge in [0.2, 0.25) is 64.2 Å². The fraction of sp³-hybridized carbons (Fsp3) is 0.284. The number of hydrogen-bond donors (Lipinski definition) is 7. The quantitative estimate of drug-likeness (QED) is 0.00268. The number of pyridine rings is 1. The Balaban J connectivity index is 0.0000113. The Morgan fingerprint density at radius 2 is 1.31 bits per heavy atom. The van der Waals surface area contributed by atoms with Crippen molar-refractivity contribution in [2.45, 2.75) is 70.4 Å². The lowest BCUT2D eigenvalue weighted by Crippen LogP contribution is -2.61. The third kappa shape index (κ3) is 15.7. The third-order valence-electron chi connectivity index (χ3n) is 15.2. The van der Waals surface area contributed by atoms with E-state index in [1.165, 1.54) is 10.7 Å². The number of nitrogens with zero attached hydrogens (tertiary/aromatic N) is 3. The molecule has 1 saturated heterocycles. The van der Waals surface area contributed by atoms with Crippen molar-refractivity contribution in [3.8, 4) is 39.6 Å². The summed E-state index contributed by atoms with van der Waals surface area (Å²) in [5.74, 6) is -18.0. The lowest BCUT2D eigenvalue weighted by atomic mass is 9.91. The Kier molecular flexibility index (Phi) is 23.3. The molecule has 0 unspecified atom stereocenters. The van der Waals surface area contributed by atoms with Crippen LogP contribution < -0.4 is 36.0 Å². The molecule has 9 rings (SSSR count). The van der Waals surface area contributed by atoms with Crippen molar-refractivity contribution in [1.29, 1.82) is 0 Å². The molecule has 22 nitrogen and oxygen atoms in total. The van der Waals surface area contributed by atoms with Crippen LogP contribution in [0.5, 0.6) is 11.5 Å². The molecule has 0 bridgehead atoms. The number of carbonyl (C=O) groups excluding carboxylic acids is 4. The second-order valence-electron chi connectivity index (χ2n) is 21.5. The van der Waals surface area contributed by atoms with Crippen LogP contribution in [0.2, 0.25) is 0 Å². The summed E-state index contributed by atoms with van der Waals surface area (Å²) in [4.78, 5) is 79.4. The van der Waals surface area contributed by atoms with E-state index in [4.69, 9.17) is 29.4 Å². The molecular formula is C67H67F5N6O16. The van der Waals surface area contributed by atoms with E-state index in [2.05, 4.69) is 15.4 Å². The molecule has 1 fully saturated rings. The van der Waals surface area contributed by atoms with E-state index in [0.717, 1.165) is 22.2 Å². The normalized spacial score (nSPS) is 16.1. The number of carbonyl (C=O) groups is 5. The number of carboxylic acids is 1. The van der Waals surface area contributed by atoms with E-state index in [-0.39, 0.29) is 101 Å². The van der Waals surface area contributed by atoms with E-state index < -0.39 is 107 Å². The number of aliphatic carboxylic acids is 1. The lowest BCUT2D eigenvalue weighted by Gasteiger charge is -2.38. The number of nitrogen functional groups attached to an aromatic ring is 1. The van der Waals surface area contributed by atoms with Crippen molar-refractivity contribution < 1.29 is 99.3 Å². The second kappa shape index (κ2) is 31.3. The first kappa shape index (κ1) is 70.1. The smallest absolute Gasteiger partial charge is 0.335 e. The van der Waals surface area contributed by atoms with Crippen molar-refractivity contribution in [2.75, 3.05) is 57.2 Å². The number of fused-ring (bicyclic) bond motifs is 1. The molecule has 1 aliphatic rings. The maximum absolute atomic E-state index is 14.9. The summed E-state index contributed by atoms with van der Waals surface area (Å²) >= 11 is 0. The van der Waals surface area contributed by atoms with Crippen LogP contribution in [0.3, 0.4) is 0 Å². The number of nitrogens with one attached hydrogen (secondary N) is 2. The zero-order valence-corrected chi connectivity index (χ0v) is 51.2. The lowest BCUT2D eigenvalue weighted by molar-refractivity contribution is -0.668. The summed E-state index contributed by atoms with van der Waals surface area (Å²) in [7, 11) is 1.73. The van der Waals surface area contributed by atoms with Gasteiger partial charge in [-0.15, -0.1) is 0 Å². The average molecular weight is 1310 g/mol. The molecule has 8 N–H and O–H groups in total. The van der Waals surface area contributed by atoms with Gasteiger partial charge in [-0.1, -0.05) is 54.6 Å². The van der Waals surface area contributed by atoms with Crippen molar-refractivity contribution in [1.82, 2.24) is 14.7 Å². The first-order valence-corrected chi connectivity index (χ1v) is 29.1. The van der Waals surface area contributed by atoms with Gasteiger partial charge in [-0.05, 0) is 72.6 Å². The molecular weight excluding hydrogens is 1240 g/mol. The number of ether oxygens (including phenoxy) is 6. The van der Waals surface area contributed by atoms with Crippen molar-refractivity contribution in [3.05, 3.63) is 196 Å². The topological polar surface area (TPSA) is 303 Å². The minimum absolute atomic E-state index is 0. The van der Waals surface area contributed by atoms with Gasteiger partial charge in [-0.2, -0.15) is 13.3 Å². The number of esters is 1. The number of aliphatic hydroxyl groups excluding tert-OH is 3. The van der Waals surface area contributed by atoms with Crippen molar-refractivity contribution in [2.24, 2.45) is 7.05 Å². The average Bonchev–Trinajstić information content (AvgIpc) is 1.53. The van der Waals surface area contributed by atoms with E-state index in [9.17, 15) is 71.1 Å². The molecule has 6 aromatic carbocycles. The largest absolute Gasteiger partial charge is 0.479 e. The number of rotatable bonds is 27. The second-order valence-corrected chi connectivity index (χ2v) is 21.5. The van der Waals surface area contributed by atoms with Gasteiger partial charge in [-0.3, -0.25) is 28.7 Å². The monoisotopic (exact) mass is 1310 g/mol. The Hall–Kier alpha value is -9.74. The predicted molar refractivity (Wildman–Crippen MR) is 330 cm³/mol. The molecule has 496 valence electrons. The molecule has 0 spiro atoms. The summed E-state index contributed by atoms with van der Waals surface area (Å²) in [5, 5.41) is 47.6. The van der Waals surface area contributed by atoms with Crippen LogP contribution >= 0.6 is 0 Å². The number of anilines is 2. The van der Waals surface area contributed by atoms with Crippen LogP contribution in [0.1, 0.15) is 52.0 Å². The summed E-state index contributed by atoms with van der Waals surface area (Å²) in [6.45, 7) is 3.52. The van der Waals surface area contributed by atoms with Crippen molar-refractivity contribution >= 4 is 51.8 Å². The Morgan fingerprint density at radius 1 is 0.681 bits per heavy atom. The highest BCUT2D eigenvalue weighted by Crippen LogP contribution is 2.37. The van der Waals surface area contributed by atoms with E-state index >= 15 is 0 Å². The Labute approximate surface area is 534 Å².